The summed E-state index contributed by atoms with van der Waals surface area (Å²) in [6.07, 6.45) is 2.34. The van der Waals surface area contributed by atoms with Gasteiger partial charge in [0.1, 0.15) is 0 Å². The molecular formula is C18H29N3O2. The van der Waals surface area contributed by atoms with Crippen molar-refractivity contribution in [3.63, 3.8) is 0 Å². The molecule has 128 valence electrons. The Kier molecular flexibility index (Phi) is 8.98. The molecule has 23 heavy (non-hydrogen) atoms. The predicted molar refractivity (Wildman–Crippen MR) is 92.8 cm³/mol. The van der Waals surface area contributed by atoms with Crippen LogP contribution >= 0.6 is 0 Å². The van der Waals surface area contributed by atoms with Crippen LogP contribution in [-0.2, 0) is 9.59 Å². The molecule has 0 heterocycles. The Morgan fingerprint density at radius 1 is 1.09 bits per heavy atom. The lowest BCUT2D eigenvalue weighted by Gasteiger charge is -2.21. The van der Waals surface area contributed by atoms with Gasteiger partial charge in [0, 0.05) is 38.5 Å². The van der Waals surface area contributed by atoms with Gasteiger partial charge < -0.3 is 16.0 Å². The lowest BCUT2D eigenvalue weighted by molar-refractivity contribution is -0.133. The highest BCUT2D eigenvalue weighted by atomic mass is 16.2. The van der Waals surface area contributed by atoms with E-state index in [-0.39, 0.29) is 30.7 Å². The van der Waals surface area contributed by atoms with Crippen LogP contribution in [0, 0.1) is 0 Å². The average molecular weight is 319 g/mol. The first-order chi connectivity index (χ1) is 11.1. The van der Waals surface area contributed by atoms with Crippen molar-refractivity contribution in [3.05, 3.63) is 35.9 Å². The van der Waals surface area contributed by atoms with E-state index in [4.69, 9.17) is 5.73 Å². The van der Waals surface area contributed by atoms with Gasteiger partial charge >= 0.3 is 0 Å². The van der Waals surface area contributed by atoms with E-state index < -0.39 is 0 Å². The van der Waals surface area contributed by atoms with Gasteiger partial charge in [0.2, 0.25) is 11.8 Å². The zero-order valence-corrected chi connectivity index (χ0v) is 14.3. The van der Waals surface area contributed by atoms with E-state index in [9.17, 15) is 9.59 Å². The van der Waals surface area contributed by atoms with Gasteiger partial charge in [0.25, 0.3) is 0 Å². The number of amides is 2. The highest BCUT2D eigenvalue weighted by molar-refractivity contribution is 5.83. The van der Waals surface area contributed by atoms with Crippen molar-refractivity contribution < 1.29 is 9.59 Å². The fourth-order valence-electron chi connectivity index (χ4n) is 2.41. The zero-order chi connectivity index (χ0) is 17.1. The van der Waals surface area contributed by atoms with Crippen LogP contribution < -0.4 is 11.1 Å². The summed E-state index contributed by atoms with van der Waals surface area (Å²) in [5.41, 5.74) is 7.02. The van der Waals surface area contributed by atoms with Gasteiger partial charge in [-0.15, -0.1) is 0 Å². The molecule has 3 N–H and O–H groups in total. The summed E-state index contributed by atoms with van der Waals surface area (Å²) in [5.74, 6) is -0.0751. The quantitative estimate of drug-likeness (QED) is 0.694. The Bertz CT molecular complexity index is 470. The molecule has 5 heteroatoms. The van der Waals surface area contributed by atoms with Crippen molar-refractivity contribution in [2.45, 2.75) is 45.6 Å². The lowest BCUT2D eigenvalue weighted by Crippen LogP contribution is -2.35. The average Bonchev–Trinajstić information content (AvgIpc) is 2.58. The maximum atomic E-state index is 12.1. The Labute approximate surface area is 139 Å². The molecule has 0 aliphatic rings. The van der Waals surface area contributed by atoms with Crippen molar-refractivity contribution >= 4 is 11.8 Å². The van der Waals surface area contributed by atoms with Gasteiger partial charge in [0.15, 0.2) is 0 Å². The fraction of sp³-hybridized carbons (Fsp3) is 0.556. The van der Waals surface area contributed by atoms with Gasteiger partial charge in [-0.2, -0.15) is 0 Å². The number of benzene rings is 1. The number of rotatable bonds is 10. The third-order valence-electron chi connectivity index (χ3n) is 3.65. The molecule has 0 saturated heterocycles. The second-order valence-electron chi connectivity index (χ2n) is 5.70. The predicted octanol–water partition coefficient (Wildman–Crippen LogP) is 2.23. The van der Waals surface area contributed by atoms with Crippen LogP contribution in [0.25, 0.3) is 0 Å². The molecule has 1 aromatic carbocycles. The summed E-state index contributed by atoms with van der Waals surface area (Å²) in [5, 5.41) is 2.80. The maximum absolute atomic E-state index is 12.1. The van der Waals surface area contributed by atoms with Crippen molar-refractivity contribution in [3.8, 4) is 0 Å². The third kappa shape index (κ3) is 7.28. The Morgan fingerprint density at radius 2 is 1.70 bits per heavy atom. The van der Waals surface area contributed by atoms with E-state index in [2.05, 4.69) is 5.32 Å². The summed E-state index contributed by atoms with van der Waals surface area (Å²) in [7, 11) is 0. The molecule has 0 saturated carbocycles. The minimum Gasteiger partial charge on any atom is -0.354 e. The van der Waals surface area contributed by atoms with E-state index in [0.717, 1.165) is 31.5 Å². The van der Waals surface area contributed by atoms with Gasteiger partial charge in [-0.25, -0.2) is 0 Å². The number of nitrogens with zero attached hydrogens (tertiary/aromatic N) is 1. The topological polar surface area (TPSA) is 75.4 Å². The minimum atomic E-state index is -0.229. The standard InChI is InChI=1S/C18H29N3O2/c1-3-12-21(13-4-2)18(23)11-10-17(22)20-14-16(19)15-8-6-5-7-9-15/h5-9,16H,3-4,10-14,19H2,1-2H3,(H,20,22). The lowest BCUT2D eigenvalue weighted by atomic mass is 10.1. The van der Waals surface area contributed by atoms with Crippen LogP contribution in [0.15, 0.2) is 30.3 Å². The van der Waals surface area contributed by atoms with Gasteiger partial charge in [0.05, 0.1) is 0 Å². The second kappa shape index (κ2) is 10.8. The SMILES string of the molecule is CCCN(CCC)C(=O)CCC(=O)NCC(N)c1ccccc1. The van der Waals surface area contributed by atoms with E-state index in [1.165, 1.54) is 0 Å². The summed E-state index contributed by atoms with van der Waals surface area (Å²) in [6.45, 7) is 5.99. The molecule has 1 unspecified atom stereocenters. The molecule has 1 aromatic rings. The number of nitrogens with one attached hydrogen (secondary N) is 1. The van der Waals surface area contributed by atoms with Gasteiger partial charge in [-0.1, -0.05) is 44.2 Å². The van der Waals surface area contributed by atoms with Gasteiger partial charge in [-0.3, -0.25) is 9.59 Å². The molecule has 0 fully saturated rings. The summed E-state index contributed by atoms with van der Waals surface area (Å²) < 4.78 is 0. The fourth-order valence-corrected chi connectivity index (χ4v) is 2.41. The van der Waals surface area contributed by atoms with Crippen LogP contribution in [0.5, 0.6) is 0 Å². The van der Waals surface area contributed by atoms with Crippen LogP contribution in [0.3, 0.4) is 0 Å². The molecule has 0 radical (unpaired) electrons. The van der Waals surface area contributed by atoms with E-state index in [1.54, 1.807) is 0 Å². The molecule has 5 nitrogen and oxygen atoms in total. The van der Waals surface area contributed by atoms with E-state index >= 15 is 0 Å². The first kappa shape index (κ1) is 19.2. The Balaban J connectivity index is 2.32. The molecule has 2 amide bonds. The molecular weight excluding hydrogens is 290 g/mol. The summed E-state index contributed by atoms with van der Waals surface area (Å²) in [4.78, 5) is 25.8. The first-order valence-corrected chi connectivity index (χ1v) is 8.43. The van der Waals surface area contributed by atoms with Gasteiger partial charge in [-0.05, 0) is 18.4 Å². The Morgan fingerprint density at radius 3 is 2.26 bits per heavy atom. The van der Waals surface area contributed by atoms with Crippen LogP contribution in [0.2, 0.25) is 0 Å². The number of carbonyl (C=O) groups is 2. The summed E-state index contributed by atoms with van der Waals surface area (Å²) >= 11 is 0. The summed E-state index contributed by atoms with van der Waals surface area (Å²) in [6, 6.07) is 9.42. The zero-order valence-electron chi connectivity index (χ0n) is 14.3. The molecule has 0 bridgehead atoms. The van der Waals surface area contributed by atoms with Crippen LogP contribution in [0.1, 0.15) is 51.1 Å². The van der Waals surface area contributed by atoms with E-state index in [1.807, 2.05) is 49.1 Å². The third-order valence-corrected chi connectivity index (χ3v) is 3.65. The molecule has 0 aliphatic carbocycles. The number of nitrogens with two attached hydrogens (primary N) is 1. The minimum absolute atomic E-state index is 0.0520. The van der Waals surface area contributed by atoms with Crippen LogP contribution in [0.4, 0.5) is 0 Å². The van der Waals surface area contributed by atoms with Crippen molar-refractivity contribution in [2.24, 2.45) is 5.73 Å². The molecule has 1 atom stereocenters. The molecule has 0 aromatic heterocycles. The highest BCUT2D eigenvalue weighted by Crippen LogP contribution is 2.08. The van der Waals surface area contributed by atoms with E-state index in [0.29, 0.717) is 6.54 Å². The largest absolute Gasteiger partial charge is 0.354 e. The monoisotopic (exact) mass is 319 g/mol. The number of hydrogen-bond donors (Lipinski definition) is 2. The Hall–Kier alpha value is -1.88. The molecule has 0 spiro atoms. The van der Waals surface area contributed by atoms with Crippen LogP contribution in [-0.4, -0.2) is 36.3 Å². The second-order valence-corrected chi connectivity index (χ2v) is 5.70. The first-order valence-electron chi connectivity index (χ1n) is 8.43. The molecule has 1 rings (SSSR count). The maximum Gasteiger partial charge on any atom is 0.223 e. The van der Waals surface area contributed by atoms with Crippen molar-refractivity contribution in [1.29, 1.82) is 0 Å². The van der Waals surface area contributed by atoms with Crippen molar-refractivity contribution in [2.75, 3.05) is 19.6 Å². The smallest absolute Gasteiger partial charge is 0.223 e. The highest BCUT2D eigenvalue weighted by Gasteiger charge is 2.14. The van der Waals surface area contributed by atoms with Crippen molar-refractivity contribution in [1.82, 2.24) is 10.2 Å². The number of carbonyl (C=O) groups excluding carboxylic acids is 2. The number of hydrogen-bond acceptors (Lipinski definition) is 3. The normalized spacial score (nSPS) is 11.8. The molecule has 0 aliphatic heterocycles.